The summed E-state index contributed by atoms with van der Waals surface area (Å²) in [7, 11) is 0. The van der Waals surface area contributed by atoms with E-state index in [0.717, 1.165) is 11.0 Å². The van der Waals surface area contributed by atoms with Crippen molar-refractivity contribution in [3.8, 4) is 0 Å². The zero-order valence-electron chi connectivity index (χ0n) is 9.98. The fourth-order valence-electron chi connectivity index (χ4n) is 2.23. The van der Waals surface area contributed by atoms with Gasteiger partial charge in [0.05, 0.1) is 15.7 Å². The molecule has 0 fully saturated rings. The van der Waals surface area contributed by atoms with E-state index in [4.69, 9.17) is 23.2 Å². The van der Waals surface area contributed by atoms with Gasteiger partial charge in [0.1, 0.15) is 5.82 Å². The van der Waals surface area contributed by atoms with E-state index in [-0.39, 0.29) is 15.7 Å². The first-order chi connectivity index (χ1) is 9.50. The van der Waals surface area contributed by atoms with Crippen molar-refractivity contribution in [1.29, 1.82) is 0 Å². The molecule has 0 saturated heterocycles. The van der Waals surface area contributed by atoms with Crippen LogP contribution < -0.4 is 4.90 Å². The molecule has 2 aromatic rings. The normalized spacial score (nSPS) is 17.5. The van der Waals surface area contributed by atoms with Crippen molar-refractivity contribution in [3.63, 3.8) is 0 Å². The molecule has 1 aliphatic rings. The number of carbonyl (C=O) groups excluding carboxylic acids is 1. The highest BCUT2D eigenvalue weighted by Gasteiger charge is 2.37. The van der Waals surface area contributed by atoms with E-state index in [0.29, 0.717) is 11.1 Å². The van der Waals surface area contributed by atoms with Crippen molar-refractivity contribution in [2.75, 3.05) is 4.90 Å². The number of aliphatic hydroxyl groups is 1. The van der Waals surface area contributed by atoms with Gasteiger partial charge in [0.25, 0.3) is 5.91 Å². The van der Waals surface area contributed by atoms with Crippen molar-refractivity contribution < 1.29 is 14.3 Å². The molecule has 1 unspecified atom stereocenters. The number of hydrogen-bond donors (Lipinski definition) is 1. The lowest BCUT2D eigenvalue weighted by Crippen LogP contribution is -2.28. The molecule has 0 bridgehead atoms. The summed E-state index contributed by atoms with van der Waals surface area (Å²) in [6, 6.07) is 8.82. The molecule has 3 nitrogen and oxygen atoms in total. The Balaban J connectivity index is 2.14. The first-order valence-corrected chi connectivity index (χ1v) is 6.51. The molecule has 0 saturated carbocycles. The smallest absolute Gasteiger partial charge is 0.261 e. The number of halogens is 3. The Kier molecular flexibility index (Phi) is 3.17. The van der Waals surface area contributed by atoms with Crippen LogP contribution in [0.2, 0.25) is 10.0 Å². The van der Waals surface area contributed by atoms with E-state index in [1.54, 1.807) is 24.3 Å². The zero-order chi connectivity index (χ0) is 14.4. The highest BCUT2D eigenvalue weighted by Crippen LogP contribution is 2.39. The lowest BCUT2D eigenvalue weighted by Gasteiger charge is -2.22. The average Bonchev–Trinajstić information content (AvgIpc) is 2.68. The maximum absolute atomic E-state index is 14.0. The third-order valence-corrected chi connectivity index (χ3v) is 3.90. The average molecular weight is 312 g/mol. The van der Waals surface area contributed by atoms with Gasteiger partial charge >= 0.3 is 0 Å². The highest BCUT2D eigenvalue weighted by molar-refractivity contribution is 6.42. The van der Waals surface area contributed by atoms with Crippen molar-refractivity contribution in [2.45, 2.75) is 6.23 Å². The minimum Gasteiger partial charge on any atom is -0.369 e. The summed E-state index contributed by atoms with van der Waals surface area (Å²) >= 11 is 11.6. The van der Waals surface area contributed by atoms with Crippen LogP contribution in [-0.4, -0.2) is 11.0 Å². The molecule has 20 heavy (non-hydrogen) atoms. The summed E-state index contributed by atoms with van der Waals surface area (Å²) in [5.74, 6) is -1.20. The first kappa shape index (κ1) is 13.4. The number of aliphatic hydroxyl groups excluding tert-OH is 1. The van der Waals surface area contributed by atoms with E-state index < -0.39 is 18.0 Å². The van der Waals surface area contributed by atoms with Gasteiger partial charge in [-0.2, -0.15) is 0 Å². The van der Waals surface area contributed by atoms with Gasteiger partial charge in [-0.1, -0.05) is 41.4 Å². The Morgan fingerprint density at radius 3 is 2.50 bits per heavy atom. The molecule has 1 N–H and O–H groups in total. The van der Waals surface area contributed by atoms with Crippen LogP contribution in [0.15, 0.2) is 36.4 Å². The van der Waals surface area contributed by atoms with Crippen LogP contribution in [0.25, 0.3) is 0 Å². The third kappa shape index (κ3) is 1.88. The second-order valence-corrected chi connectivity index (χ2v) is 5.17. The van der Waals surface area contributed by atoms with E-state index >= 15 is 0 Å². The van der Waals surface area contributed by atoms with Crippen molar-refractivity contribution in [1.82, 2.24) is 0 Å². The van der Waals surface area contributed by atoms with Crippen LogP contribution in [0, 0.1) is 5.82 Å². The van der Waals surface area contributed by atoms with Gasteiger partial charge in [-0.15, -0.1) is 0 Å². The summed E-state index contributed by atoms with van der Waals surface area (Å²) in [6.07, 6.45) is -1.24. The van der Waals surface area contributed by atoms with Crippen LogP contribution in [-0.2, 0) is 0 Å². The molecule has 1 amide bonds. The topological polar surface area (TPSA) is 40.5 Å². The van der Waals surface area contributed by atoms with E-state index in [1.165, 1.54) is 6.07 Å². The number of benzene rings is 2. The lowest BCUT2D eigenvalue weighted by molar-refractivity contribution is 0.0933. The molecule has 1 aliphatic heterocycles. The van der Waals surface area contributed by atoms with E-state index in [2.05, 4.69) is 0 Å². The van der Waals surface area contributed by atoms with Crippen LogP contribution >= 0.6 is 23.2 Å². The molecule has 6 heteroatoms. The fraction of sp³-hybridized carbons (Fsp3) is 0.0714. The standard InChI is InChI=1S/C14H8Cl2FNO2/c15-9-5-11(17)12(6-10(9)16)18-13(19)7-3-1-2-4-8(7)14(18)20/h1-6,13,19H. The van der Waals surface area contributed by atoms with Crippen LogP contribution in [0.3, 0.4) is 0 Å². The molecular weight excluding hydrogens is 304 g/mol. The summed E-state index contributed by atoms with van der Waals surface area (Å²) in [4.78, 5) is 13.2. The van der Waals surface area contributed by atoms with Crippen LogP contribution in [0.1, 0.15) is 22.1 Å². The number of anilines is 1. The first-order valence-electron chi connectivity index (χ1n) is 5.76. The number of amides is 1. The Labute approximate surface area is 124 Å². The number of carbonyl (C=O) groups is 1. The quantitative estimate of drug-likeness (QED) is 0.814. The van der Waals surface area contributed by atoms with Crippen LogP contribution in [0.4, 0.5) is 10.1 Å². The Hall–Kier alpha value is -1.62. The molecule has 0 aromatic heterocycles. The summed E-state index contributed by atoms with van der Waals surface area (Å²) in [5, 5.41) is 10.4. The Bertz CT molecular complexity index is 720. The van der Waals surface area contributed by atoms with Crippen LogP contribution in [0.5, 0.6) is 0 Å². The van der Waals surface area contributed by atoms with E-state index in [1.807, 2.05) is 0 Å². The van der Waals surface area contributed by atoms with Crippen molar-refractivity contribution >= 4 is 34.8 Å². The van der Waals surface area contributed by atoms with Gasteiger partial charge in [-0.05, 0) is 18.2 Å². The third-order valence-electron chi connectivity index (χ3n) is 3.18. The van der Waals surface area contributed by atoms with Gasteiger partial charge in [-0.3, -0.25) is 9.69 Å². The molecule has 1 atom stereocenters. The largest absolute Gasteiger partial charge is 0.369 e. The molecular formula is C14H8Cl2FNO2. The summed E-state index contributed by atoms with van der Waals surface area (Å²) < 4.78 is 14.0. The number of hydrogen-bond acceptors (Lipinski definition) is 2. The SMILES string of the molecule is O=C1c2ccccc2C(O)N1c1cc(Cl)c(Cl)cc1F. The molecule has 1 heterocycles. The van der Waals surface area contributed by atoms with Gasteiger partial charge < -0.3 is 5.11 Å². The molecule has 0 aliphatic carbocycles. The minimum absolute atomic E-state index is 0.0477. The second kappa shape index (κ2) is 4.74. The predicted molar refractivity (Wildman–Crippen MR) is 74.6 cm³/mol. The Morgan fingerprint density at radius 2 is 1.80 bits per heavy atom. The highest BCUT2D eigenvalue weighted by atomic mass is 35.5. The minimum atomic E-state index is -1.24. The van der Waals surface area contributed by atoms with Gasteiger partial charge in [-0.25, -0.2) is 4.39 Å². The second-order valence-electron chi connectivity index (χ2n) is 4.35. The molecule has 2 aromatic carbocycles. The Morgan fingerprint density at radius 1 is 1.15 bits per heavy atom. The van der Waals surface area contributed by atoms with Gasteiger partial charge in [0.2, 0.25) is 0 Å². The number of nitrogens with zero attached hydrogens (tertiary/aromatic N) is 1. The maximum Gasteiger partial charge on any atom is 0.261 e. The van der Waals surface area contributed by atoms with Crippen molar-refractivity contribution in [3.05, 3.63) is 63.4 Å². The fourth-order valence-corrected chi connectivity index (χ4v) is 2.54. The van der Waals surface area contributed by atoms with Gasteiger partial charge in [0.15, 0.2) is 6.23 Å². The van der Waals surface area contributed by atoms with Crippen molar-refractivity contribution in [2.24, 2.45) is 0 Å². The number of rotatable bonds is 1. The number of fused-ring (bicyclic) bond motifs is 1. The summed E-state index contributed by atoms with van der Waals surface area (Å²) in [6.45, 7) is 0. The molecule has 102 valence electrons. The molecule has 3 rings (SSSR count). The molecule has 0 radical (unpaired) electrons. The van der Waals surface area contributed by atoms with Gasteiger partial charge in [0, 0.05) is 11.1 Å². The molecule has 0 spiro atoms. The van der Waals surface area contributed by atoms with E-state index in [9.17, 15) is 14.3 Å². The lowest BCUT2D eigenvalue weighted by atomic mass is 10.1. The predicted octanol–water partition coefficient (Wildman–Crippen LogP) is 3.78. The zero-order valence-corrected chi connectivity index (χ0v) is 11.5. The maximum atomic E-state index is 14.0. The summed E-state index contributed by atoms with van der Waals surface area (Å²) in [5.41, 5.74) is 0.668. The monoisotopic (exact) mass is 311 g/mol.